The van der Waals surface area contributed by atoms with E-state index in [1.807, 2.05) is 0 Å². The summed E-state index contributed by atoms with van der Waals surface area (Å²) >= 11 is 0. The molecule has 1 spiro atoms. The summed E-state index contributed by atoms with van der Waals surface area (Å²) in [5.41, 5.74) is 7.38. The average molecular weight is 356 g/mol. The number of carbonyl (C=O) groups is 3. The van der Waals surface area contributed by atoms with Crippen LogP contribution in [0.3, 0.4) is 0 Å². The number of rotatable bonds is 6. The van der Waals surface area contributed by atoms with Gasteiger partial charge in [-0.15, -0.1) is 0 Å². The van der Waals surface area contributed by atoms with E-state index in [-0.39, 0.29) is 31.2 Å². The molecule has 2 fully saturated rings. The summed E-state index contributed by atoms with van der Waals surface area (Å²) in [6.45, 7) is 4.13. The summed E-state index contributed by atoms with van der Waals surface area (Å²) in [6.07, 6.45) is -0.0671. The number of nitrogens with zero attached hydrogens (tertiary/aromatic N) is 2. The maximum absolute atomic E-state index is 13.1. The number of hydrogen-bond acceptors (Lipinski definition) is 6. The molecule has 6 N–H and O–H groups in total. The Morgan fingerprint density at radius 3 is 2.48 bits per heavy atom. The SMILES string of the molecule is CC(C)C(=O)N1CCCC12CCN(C(O)(CCC(N)O)C(N)=O)C2=O. The van der Waals surface area contributed by atoms with Gasteiger partial charge in [-0.2, -0.15) is 0 Å². The van der Waals surface area contributed by atoms with Crippen molar-refractivity contribution in [3.05, 3.63) is 0 Å². The van der Waals surface area contributed by atoms with Crippen LogP contribution in [0.5, 0.6) is 0 Å². The fraction of sp³-hybridized carbons (Fsp3) is 0.812. The van der Waals surface area contributed by atoms with E-state index >= 15 is 0 Å². The number of nitrogens with two attached hydrogens (primary N) is 2. The van der Waals surface area contributed by atoms with Crippen molar-refractivity contribution in [1.82, 2.24) is 9.80 Å². The zero-order chi connectivity index (χ0) is 19.0. The Kier molecular flexibility index (Phi) is 5.41. The van der Waals surface area contributed by atoms with Gasteiger partial charge in [-0.25, -0.2) is 0 Å². The molecule has 0 aromatic rings. The van der Waals surface area contributed by atoms with E-state index in [0.717, 1.165) is 4.90 Å². The highest BCUT2D eigenvalue weighted by atomic mass is 16.3. The molecule has 9 heteroatoms. The zero-order valence-electron chi connectivity index (χ0n) is 14.8. The summed E-state index contributed by atoms with van der Waals surface area (Å²) in [5, 5.41) is 20.0. The van der Waals surface area contributed by atoms with Gasteiger partial charge >= 0.3 is 0 Å². The lowest BCUT2D eigenvalue weighted by molar-refractivity contribution is -0.175. The molecule has 2 aliphatic rings. The minimum Gasteiger partial charge on any atom is -0.379 e. The molecular weight excluding hydrogens is 328 g/mol. The first-order valence-electron chi connectivity index (χ1n) is 8.66. The molecule has 0 aliphatic carbocycles. The van der Waals surface area contributed by atoms with E-state index in [2.05, 4.69) is 0 Å². The van der Waals surface area contributed by atoms with Crippen LogP contribution in [0.1, 0.15) is 46.0 Å². The standard InChI is InChI=1S/C16H28N4O5/c1-10(2)12(22)19-8-3-5-15(19)7-9-20(14(15)24)16(25,13(18)23)6-4-11(17)21/h10-11,21,25H,3-9,17H2,1-2H3,(H2,18,23). The van der Waals surface area contributed by atoms with Crippen LogP contribution < -0.4 is 11.5 Å². The third kappa shape index (κ3) is 3.23. The topological polar surface area (TPSA) is 150 Å². The highest BCUT2D eigenvalue weighted by Crippen LogP contribution is 2.42. The Balaban J connectivity index is 2.30. The molecule has 3 amide bonds. The lowest BCUT2D eigenvalue weighted by Gasteiger charge is -2.38. The molecule has 25 heavy (non-hydrogen) atoms. The summed E-state index contributed by atoms with van der Waals surface area (Å²) < 4.78 is 0. The fourth-order valence-electron chi connectivity index (χ4n) is 3.84. The van der Waals surface area contributed by atoms with Crippen LogP contribution in [-0.2, 0) is 14.4 Å². The lowest BCUT2D eigenvalue weighted by atomic mass is 9.93. The van der Waals surface area contributed by atoms with Crippen molar-refractivity contribution in [2.75, 3.05) is 13.1 Å². The lowest BCUT2D eigenvalue weighted by Crippen LogP contribution is -2.62. The molecule has 142 valence electrons. The van der Waals surface area contributed by atoms with Gasteiger partial charge in [-0.1, -0.05) is 13.8 Å². The molecule has 0 bridgehead atoms. The van der Waals surface area contributed by atoms with Crippen LogP contribution >= 0.6 is 0 Å². The van der Waals surface area contributed by atoms with Crippen molar-refractivity contribution < 1.29 is 24.6 Å². The number of likely N-dealkylation sites (tertiary alicyclic amines) is 2. The first-order valence-corrected chi connectivity index (χ1v) is 8.66. The maximum atomic E-state index is 13.1. The van der Waals surface area contributed by atoms with Crippen molar-refractivity contribution in [1.29, 1.82) is 0 Å². The Labute approximate surface area is 146 Å². The van der Waals surface area contributed by atoms with Gasteiger partial charge in [0.25, 0.3) is 11.8 Å². The Bertz CT molecular complexity index is 567. The quantitative estimate of drug-likeness (QED) is 0.424. The van der Waals surface area contributed by atoms with Gasteiger partial charge in [0, 0.05) is 25.4 Å². The second kappa shape index (κ2) is 6.89. The maximum Gasteiger partial charge on any atom is 0.270 e. The Hall–Kier alpha value is -1.71. The monoisotopic (exact) mass is 356 g/mol. The summed E-state index contributed by atoms with van der Waals surface area (Å²) in [7, 11) is 0. The van der Waals surface area contributed by atoms with Crippen LogP contribution in [0, 0.1) is 5.92 Å². The van der Waals surface area contributed by atoms with Gasteiger partial charge in [0.15, 0.2) is 0 Å². The number of aliphatic hydroxyl groups excluding tert-OH is 1. The molecule has 0 aromatic carbocycles. The smallest absolute Gasteiger partial charge is 0.270 e. The van der Waals surface area contributed by atoms with Crippen molar-refractivity contribution in [2.45, 2.75) is 63.4 Å². The molecule has 2 heterocycles. The third-order valence-corrected chi connectivity index (χ3v) is 5.27. The molecular formula is C16H28N4O5. The third-order valence-electron chi connectivity index (χ3n) is 5.27. The number of primary amides is 1. The van der Waals surface area contributed by atoms with Gasteiger partial charge in [-0.05, 0) is 25.7 Å². The van der Waals surface area contributed by atoms with Crippen LogP contribution in [0.25, 0.3) is 0 Å². The fourth-order valence-corrected chi connectivity index (χ4v) is 3.84. The van der Waals surface area contributed by atoms with Gasteiger partial charge < -0.3 is 31.5 Å². The minimum absolute atomic E-state index is 0.0924. The molecule has 9 nitrogen and oxygen atoms in total. The first kappa shape index (κ1) is 19.6. The minimum atomic E-state index is -2.23. The van der Waals surface area contributed by atoms with Crippen molar-refractivity contribution in [3.63, 3.8) is 0 Å². The van der Waals surface area contributed by atoms with E-state index in [1.165, 1.54) is 0 Å². The van der Waals surface area contributed by atoms with Crippen molar-refractivity contribution >= 4 is 17.7 Å². The van der Waals surface area contributed by atoms with Crippen molar-refractivity contribution in [2.24, 2.45) is 17.4 Å². The van der Waals surface area contributed by atoms with Gasteiger partial charge in [0.05, 0.1) is 0 Å². The predicted molar refractivity (Wildman–Crippen MR) is 88.4 cm³/mol. The van der Waals surface area contributed by atoms with E-state index in [1.54, 1.807) is 18.7 Å². The van der Waals surface area contributed by atoms with Crippen LogP contribution in [0.2, 0.25) is 0 Å². The first-order chi connectivity index (χ1) is 11.6. The molecule has 3 unspecified atom stereocenters. The molecule has 2 saturated heterocycles. The molecule has 0 saturated carbocycles. The van der Waals surface area contributed by atoms with E-state index in [0.29, 0.717) is 25.8 Å². The summed E-state index contributed by atoms with van der Waals surface area (Å²) in [4.78, 5) is 40.1. The largest absolute Gasteiger partial charge is 0.379 e. The normalized spacial score (nSPS) is 27.2. The predicted octanol–water partition coefficient (Wildman–Crippen LogP) is -1.53. The second-order valence-electron chi connectivity index (χ2n) is 7.27. The van der Waals surface area contributed by atoms with Crippen LogP contribution in [-0.4, -0.2) is 68.3 Å². The molecule has 2 aliphatic heterocycles. The average Bonchev–Trinajstić information content (AvgIpc) is 3.10. The molecule has 3 atom stereocenters. The molecule has 0 aromatic heterocycles. The zero-order valence-corrected chi connectivity index (χ0v) is 14.8. The van der Waals surface area contributed by atoms with Crippen LogP contribution in [0.15, 0.2) is 0 Å². The second-order valence-corrected chi connectivity index (χ2v) is 7.27. The Morgan fingerprint density at radius 2 is 1.96 bits per heavy atom. The van der Waals surface area contributed by atoms with E-state index in [9.17, 15) is 24.6 Å². The Morgan fingerprint density at radius 1 is 1.32 bits per heavy atom. The summed E-state index contributed by atoms with van der Waals surface area (Å²) in [6, 6.07) is 0. The number of aliphatic hydroxyl groups is 2. The van der Waals surface area contributed by atoms with E-state index < -0.39 is 29.3 Å². The highest BCUT2D eigenvalue weighted by molar-refractivity contribution is 5.97. The highest BCUT2D eigenvalue weighted by Gasteiger charge is 2.60. The van der Waals surface area contributed by atoms with Crippen molar-refractivity contribution in [3.8, 4) is 0 Å². The summed E-state index contributed by atoms with van der Waals surface area (Å²) in [5.74, 6) is -1.91. The van der Waals surface area contributed by atoms with Gasteiger partial charge in [0.1, 0.15) is 11.8 Å². The molecule has 2 rings (SSSR count). The number of hydrogen-bond donors (Lipinski definition) is 4. The molecule has 0 radical (unpaired) electrons. The van der Waals surface area contributed by atoms with Crippen LogP contribution in [0.4, 0.5) is 0 Å². The number of amides is 3. The van der Waals surface area contributed by atoms with Gasteiger partial charge in [0.2, 0.25) is 11.6 Å². The number of carbonyl (C=O) groups excluding carboxylic acids is 3. The van der Waals surface area contributed by atoms with Gasteiger partial charge in [-0.3, -0.25) is 14.4 Å². The van der Waals surface area contributed by atoms with E-state index in [4.69, 9.17) is 11.5 Å².